The third-order valence-electron chi connectivity index (χ3n) is 4.15. The highest BCUT2D eigenvalue weighted by Gasteiger charge is 2.21. The second-order valence-electron chi connectivity index (χ2n) is 6.21. The largest absolute Gasteiger partial charge is 0.494 e. The van der Waals surface area contributed by atoms with Gasteiger partial charge in [-0.1, -0.05) is 18.2 Å². The molecule has 1 aliphatic heterocycles. The highest BCUT2D eigenvalue weighted by molar-refractivity contribution is 5.91. The molecule has 0 fully saturated rings. The van der Waals surface area contributed by atoms with Crippen LogP contribution >= 0.6 is 0 Å². The number of benzene rings is 2. The van der Waals surface area contributed by atoms with Crippen molar-refractivity contribution in [3.05, 3.63) is 65.0 Å². The molecule has 0 aromatic heterocycles. The number of carbonyl (C=O) groups excluding carboxylic acids is 1. The molecule has 2 aromatic carbocycles. The van der Waals surface area contributed by atoms with Gasteiger partial charge in [0.2, 0.25) is 5.91 Å². The molecule has 26 heavy (non-hydrogen) atoms. The summed E-state index contributed by atoms with van der Waals surface area (Å²) in [6.07, 6.45) is 3.78. The summed E-state index contributed by atoms with van der Waals surface area (Å²) >= 11 is 0. The van der Waals surface area contributed by atoms with Gasteiger partial charge in [-0.15, -0.1) is 0 Å². The molecule has 0 aliphatic carbocycles. The van der Waals surface area contributed by atoms with E-state index in [1.165, 1.54) is 18.2 Å². The van der Waals surface area contributed by atoms with E-state index < -0.39 is 0 Å². The minimum absolute atomic E-state index is 0.146. The molecule has 1 aliphatic rings. The lowest BCUT2D eigenvalue weighted by molar-refractivity contribution is -0.116. The molecule has 5 heteroatoms. The summed E-state index contributed by atoms with van der Waals surface area (Å²) in [5, 5.41) is 2.81. The molecule has 0 saturated heterocycles. The lowest BCUT2D eigenvalue weighted by Crippen LogP contribution is -2.20. The minimum Gasteiger partial charge on any atom is -0.494 e. The van der Waals surface area contributed by atoms with Gasteiger partial charge in [-0.25, -0.2) is 4.39 Å². The van der Waals surface area contributed by atoms with Crippen molar-refractivity contribution in [2.24, 2.45) is 0 Å². The van der Waals surface area contributed by atoms with Crippen LogP contribution < -0.4 is 14.8 Å². The Kier molecular flexibility index (Phi) is 5.56. The van der Waals surface area contributed by atoms with Crippen molar-refractivity contribution < 1.29 is 18.7 Å². The maximum atomic E-state index is 13.6. The maximum Gasteiger partial charge on any atom is 0.244 e. The van der Waals surface area contributed by atoms with Crippen molar-refractivity contribution in [2.75, 3.05) is 6.61 Å². The zero-order valence-electron chi connectivity index (χ0n) is 14.9. The van der Waals surface area contributed by atoms with E-state index in [0.29, 0.717) is 18.7 Å². The zero-order valence-corrected chi connectivity index (χ0v) is 14.9. The van der Waals surface area contributed by atoms with Gasteiger partial charge in [0.15, 0.2) is 0 Å². The van der Waals surface area contributed by atoms with Crippen LogP contribution in [0.2, 0.25) is 0 Å². The Morgan fingerprint density at radius 3 is 2.96 bits per heavy atom. The van der Waals surface area contributed by atoms with Crippen LogP contribution in [0, 0.1) is 5.82 Å². The molecule has 0 bridgehead atoms. The molecule has 1 atom stereocenters. The molecule has 136 valence electrons. The maximum absolute atomic E-state index is 13.6. The molecule has 0 spiro atoms. The van der Waals surface area contributed by atoms with Gasteiger partial charge in [0.25, 0.3) is 0 Å². The number of halogens is 1. The van der Waals surface area contributed by atoms with E-state index in [1.54, 1.807) is 18.2 Å². The lowest BCUT2D eigenvalue weighted by atomic mass is 10.1. The second-order valence-corrected chi connectivity index (χ2v) is 6.21. The Bertz CT molecular complexity index is 832. The molecule has 4 nitrogen and oxygen atoms in total. The second kappa shape index (κ2) is 8.04. The van der Waals surface area contributed by atoms with Crippen molar-refractivity contribution in [1.82, 2.24) is 5.32 Å². The Morgan fingerprint density at radius 1 is 1.38 bits per heavy atom. The molecule has 1 amide bonds. The number of hydrogen-bond acceptors (Lipinski definition) is 3. The fraction of sp³-hybridized carbons (Fsp3) is 0.286. The Morgan fingerprint density at radius 2 is 2.19 bits per heavy atom. The SMILES string of the molecule is CCOc1cc2c(cc1CNC(=O)/C=C/c1ccccc1F)O[C@H](C)C2. The van der Waals surface area contributed by atoms with E-state index in [1.807, 2.05) is 26.0 Å². The molecular formula is C21H22FNO3. The van der Waals surface area contributed by atoms with E-state index in [4.69, 9.17) is 9.47 Å². The van der Waals surface area contributed by atoms with Crippen molar-refractivity contribution >= 4 is 12.0 Å². The molecule has 0 radical (unpaired) electrons. The van der Waals surface area contributed by atoms with Crippen LogP contribution in [0.1, 0.15) is 30.5 Å². The summed E-state index contributed by atoms with van der Waals surface area (Å²) in [5.74, 6) is 0.931. The standard InChI is InChI=1S/C21H22FNO3/c1-3-25-19-11-16-10-14(2)26-20(16)12-17(19)13-23-21(24)9-8-15-6-4-5-7-18(15)22/h4-9,11-12,14H,3,10,13H2,1-2H3,(H,23,24)/b9-8+/t14-/m1/s1. The quantitative estimate of drug-likeness (QED) is 0.800. The number of carbonyl (C=O) groups is 1. The average molecular weight is 355 g/mol. The molecule has 0 saturated carbocycles. The summed E-state index contributed by atoms with van der Waals surface area (Å²) < 4.78 is 25.1. The van der Waals surface area contributed by atoms with Gasteiger partial charge in [0, 0.05) is 35.7 Å². The average Bonchev–Trinajstić information content (AvgIpc) is 2.98. The number of fused-ring (bicyclic) bond motifs is 1. The first-order chi connectivity index (χ1) is 12.6. The number of rotatable bonds is 6. The monoisotopic (exact) mass is 355 g/mol. The van der Waals surface area contributed by atoms with E-state index in [9.17, 15) is 9.18 Å². The predicted molar refractivity (Wildman–Crippen MR) is 98.7 cm³/mol. The van der Waals surface area contributed by atoms with Gasteiger partial charge < -0.3 is 14.8 Å². The fourth-order valence-electron chi connectivity index (χ4n) is 2.93. The molecule has 2 aromatic rings. The van der Waals surface area contributed by atoms with Crippen LogP contribution in [0.25, 0.3) is 6.08 Å². The van der Waals surface area contributed by atoms with E-state index in [-0.39, 0.29) is 17.8 Å². The molecule has 1 N–H and O–H groups in total. The Labute approximate surface area is 152 Å². The molecule has 0 unspecified atom stereocenters. The predicted octanol–water partition coefficient (Wildman–Crippen LogP) is 3.88. The number of amides is 1. The Balaban J connectivity index is 1.68. The van der Waals surface area contributed by atoms with Gasteiger partial charge >= 0.3 is 0 Å². The summed E-state index contributed by atoms with van der Waals surface area (Å²) in [7, 11) is 0. The van der Waals surface area contributed by atoms with Crippen molar-refractivity contribution in [3.63, 3.8) is 0 Å². The minimum atomic E-state index is -0.361. The van der Waals surface area contributed by atoms with Crippen LogP contribution in [-0.2, 0) is 17.8 Å². The first-order valence-corrected chi connectivity index (χ1v) is 8.72. The van der Waals surface area contributed by atoms with Crippen molar-refractivity contribution in [3.8, 4) is 11.5 Å². The van der Waals surface area contributed by atoms with Crippen LogP contribution in [0.3, 0.4) is 0 Å². The Hall–Kier alpha value is -2.82. The summed E-state index contributed by atoms with van der Waals surface area (Å²) in [6, 6.07) is 10.2. The van der Waals surface area contributed by atoms with Gasteiger partial charge in [-0.05, 0) is 38.1 Å². The normalized spacial score (nSPS) is 15.6. The first kappa shape index (κ1) is 18.0. The van der Waals surface area contributed by atoms with Crippen LogP contribution in [0.4, 0.5) is 4.39 Å². The smallest absolute Gasteiger partial charge is 0.244 e. The first-order valence-electron chi connectivity index (χ1n) is 8.72. The highest BCUT2D eigenvalue weighted by atomic mass is 19.1. The fourth-order valence-corrected chi connectivity index (χ4v) is 2.93. The molecule has 1 heterocycles. The van der Waals surface area contributed by atoms with Crippen LogP contribution in [-0.4, -0.2) is 18.6 Å². The number of hydrogen-bond donors (Lipinski definition) is 1. The van der Waals surface area contributed by atoms with Gasteiger partial charge in [-0.3, -0.25) is 4.79 Å². The summed E-state index contributed by atoms with van der Waals surface area (Å²) in [5.41, 5.74) is 2.35. The summed E-state index contributed by atoms with van der Waals surface area (Å²) in [4.78, 5) is 12.1. The highest BCUT2D eigenvalue weighted by Crippen LogP contribution is 2.35. The van der Waals surface area contributed by atoms with Gasteiger partial charge in [0.05, 0.1) is 6.61 Å². The topological polar surface area (TPSA) is 47.6 Å². The number of nitrogens with one attached hydrogen (secondary N) is 1. The molecular weight excluding hydrogens is 333 g/mol. The van der Waals surface area contributed by atoms with E-state index in [2.05, 4.69) is 5.32 Å². The zero-order chi connectivity index (χ0) is 18.5. The van der Waals surface area contributed by atoms with Crippen LogP contribution in [0.15, 0.2) is 42.5 Å². The van der Waals surface area contributed by atoms with Crippen LogP contribution in [0.5, 0.6) is 11.5 Å². The van der Waals surface area contributed by atoms with E-state index in [0.717, 1.165) is 29.0 Å². The number of ether oxygens (including phenoxy) is 2. The van der Waals surface area contributed by atoms with Crippen molar-refractivity contribution in [2.45, 2.75) is 32.9 Å². The van der Waals surface area contributed by atoms with E-state index >= 15 is 0 Å². The summed E-state index contributed by atoms with van der Waals surface area (Å²) in [6.45, 7) is 4.80. The van der Waals surface area contributed by atoms with Gasteiger partial charge in [0.1, 0.15) is 23.4 Å². The van der Waals surface area contributed by atoms with Crippen molar-refractivity contribution in [1.29, 1.82) is 0 Å². The third-order valence-corrected chi connectivity index (χ3v) is 4.15. The van der Waals surface area contributed by atoms with Gasteiger partial charge in [-0.2, -0.15) is 0 Å². The lowest BCUT2D eigenvalue weighted by Gasteiger charge is -2.13. The third kappa shape index (κ3) is 4.23. The molecule has 3 rings (SSSR count).